The number of ether oxygens (including phenoxy) is 1. The van der Waals surface area contributed by atoms with E-state index in [2.05, 4.69) is 10.2 Å². The third-order valence-electron chi connectivity index (χ3n) is 4.58. The highest BCUT2D eigenvalue weighted by atomic mass is 19.4. The second-order valence-corrected chi connectivity index (χ2v) is 6.44. The number of alkyl halides is 3. The molecule has 1 N–H and O–H groups in total. The minimum atomic E-state index is -4.29. The molecule has 2 aliphatic heterocycles. The van der Waals surface area contributed by atoms with Crippen LogP contribution in [-0.4, -0.2) is 43.9 Å². The zero-order valence-electron chi connectivity index (χ0n) is 12.5. The van der Waals surface area contributed by atoms with Gasteiger partial charge in [0, 0.05) is 19.6 Å². The summed E-state index contributed by atoms with van der Waals surface area (Å²) in [5, 5.41) is 3.44. The molecule has 2 heterocycles. The molecule has 0 amide bonds. The highest BCUT2D eigenvalue weighted by Gasteiger charge is 2.39. The molecule has 6 heteroatoms. The fourth-order valence-electron chi connectivity index (χ4n) is 3.42. The molecule has 2 saturated heterocycles. The van der Waals surface area contributed by atoms with Crippen molar-refractivity contribution in [1.82, 2.24) is 10.2 Å². The first-order chi connectivity index (χ1) is 10.4. The van der Waals surface area contributed by atoms with Gasteiger partial charge in [-0.15, -0.1) is 0 Å². The zero-order valence-corrected chi connectivity index (χ0v) is 12.5. The summed E-state index contributed by atoms with van der Waals surface area (Å²) in [4.78, 5) is 2.43. The Kier molecular flexibility index (Phi) is 4.32. The summed E-state index contributed by atoms with van der Waals surface area (Å²) < 4.78 is 41.0. The Morgan fingerprint density at radius 1 is 1.18 bits per heavy atom. The normalized spacial score (nSPS) is 26.0. The monoisotopic (exact) mass is 314 g/mol. The zero-order chi connectivity index (χ0) is 15.6. The standard InChI is InChI=1S/C16H21F3N2O/c17-16(18,19)12-22-14-3-1-13(2-4-14)9-21-8-6-15(11-21)5-7-20-10-15/h1-4,20H,5-12H2. The van der Waals surface area contributed by atoms with Gasteiger partial charge in [-0.25, -0.2) is 0 Å². The van der Waals surface area contributed by atoms with Crippen LogP contribution in [0.4, 0.5) is 13.2 Å². The fourth-order valence-corrected chi connectivity index (χ4v) is 3.42. The van der Waals surface area contributed by atoms with E-state index in [4.69, 9.17) is 4.74 Å². The van der Waals surface area contributed by atoms with Gasteiger partial charge in [0.1, 0.15) is 5.75 Å². The van der Waals surface area contributed by atoms with Gasteiger partial charge < -0.3 is 10.1 Å². The Hall–Kier alpha value is -1.27. The first kappa shape index (κ1) is 15.6. The number of rotatable bonds is 4. The number of hydrogen-bond donors (Lipinski definition) is 1. The van der Waals surface area contributed by atoms with E-state index in [1.165, 1.54) is 12.8 Å². The van der Waals surface area contributed by atoms with Crippen LogP contribution in [0.5, 0.6) is 5.75 Å². The van der Waals surface area contributed by atoms with E-state index in [0.29, 0.717) is 5.41 Å². The smallest absolute Gasteiger partial charge is 0.422 e. The van der Waals surface area contributed by atoms with Crippen LogP contribution in [-0.2, 0) is 6.54 Å². The molecule has 3 rings (SSSR count). The Morgan fingerprint density at radius 3 is 2.59 bits per heavy atom. The van der Waals surface area contributed by atoms with E-state index in [1.54, 1.807) is 12.1 Å². The molecule has 1 aromatic rings. The molecule has 0 radical (unpaired) electrons. The van der Waals surface area contributed by atoms with Gasteiger partial charge in [0.05, 0.1) is 0 Å². The molecule has 0 aromatic heterocycles. The lowest BCUT2D eigenvalue weighted by Gasteiger charge is -2.22. The second-order valence-electron chi connectivity index (χ2n) is 6.44. The summed E-state index contributed by atoms with van der Waals surface area (Å²) in [6, 6.07) is 6.93. The maximum atomic E-state index is 12.1. The molecule has 22 heavy (non-hydrogen) atoms. The number of benzene rings is 1. The molecule has 1 spiro atoms. The Bertz CT molecular complexity index is 495. The van der Waals surface area contributed by atoms with Crippen LogP contribution in [0.3, 0.4) is 0 Å². The van der Waals surface area contributed by atoms with Gasteiger partial charge in [-0.3, -0.25) is 4.90 Å². The molecule has 0 saturated carbocycles. The summed E-state index contributed by atoms with van der Waals surface area (Å²) in [7, 11) is 0. The number of hydrogen-bond acceptors (Lipinski definition) is 3. The van der Waals surface area contributed by atoms with Crippen LogP contribution >= 0.6 is 0 Å². The Morgan fingerprint density at radius 2 is 1.95 bits per heavy atom. The Labute approximate surface area is 128 Å². The molecule has 2 aliphatic rings. The van der Waals surface area contributed by atoms with Crippen molar-refractivity contribution in [2.24, 2.45) is 5.41 Å². The van der Waals surface area contributed by atoms with Gasteiger partial charge in [-0.1, -0.05) is 12.1 Å². The van der Waals surface area contributed by atoms with Gasteiger partial charge in [0.25, 0.3) is 0 Å². The van der Waals surface area contributed by atoms with Gasteiger partial charge in [0.2, 0.25) is 0 Å². The van der Waals surface area contributed by atoms with Crippen molar-refractivity contribution in [3.8, 4) is 5.75 Å². The molecule has 1 unspecified atom stereocenters. The van der Waals surface area contributed by atoms with Gasteiger partial charge in [-0.05, 0) is 49.0 Å². The minimum Gasteiger partial charge on any atom is -0.484 e. The summed E-state index contributed by atoms with van der Waals surface area (Å²) in [5.74, 6) is 0.263. The lowest BCUT2D eigenvalue weighted by atomic mass is 9.86. The lowest BCUT2D eigenvalue weighted by molar-refractivity contribution is -0.153. The van der Waals surface area contributed by atoms with Crippen LogP contribution in [0.1, 0.15) is 18.4 Å². The molecular weight excluding hydrogens is 293 g/mol. The molecule has 2 fully saturated rings. The quantitative estimate of drug-likeness (QED) is 0.925. The fraction of sp³-hybridized carbons (Fsp3) is 0.625. The summed E-state index contributed by atoms with van der Waals surface area (Å²) in [6.45, 7) is 4.02. The van der Waals surface area contributed by atoms with Crippen LogP contribution in [0.25, 0.3) is 0 Å². The van der Waals surface area contributed by atoms with Crippen molar-refractivity contribution in [2.75, 3.05) is 32.8 Å². The third-order valence-corrected chi connectivity index (χ3v) is 4.58. The summed E-state index contributed by atoms with van der Waals surface area (Å²) in [5.41, 5.74) is 1.55. The predicted molar refractivity (Wildman–Crippen MR) is 77.8 cm³/mol. The predicted octanol–water partition coefficient (Wildman–Crippen LogP) is 2.81. The van der Waals surface area contributed by atoms with Crippen molar-refractivity contribution >= 4 is 0 Å². The van der Waals surface area contributed by atoms with E-state index >= 15 is 0 Å². The first-order valence-corrected chi connectivity index (χ1v) is 7.66. The molecule has 3 nitrogen and oxygen atoms in total. The molecule has 122 valence electrons. The highest BCUT2D eigenvalue weighted by molar-refractivity contribution is 5.27. The number of nitrogens with one attached hydrogen (secondary N) is 1. The SMILES string of the molecule is FC(F)(F)COc1ccc(CN2CCC3(CCNC3)C2)cc1. The molecule has 0 bridgehead atoms. The van der Waals surface area contributed by atoms with Crippen molar-refractivity contribution < 1.29 is 17.9 Å². The van der Waals surface area contributed by atoms with Crippen LogP contribution in [0.2, 0.25) is 0 Å². The summed E-state index contributed by atoms with van der Waals surface area (Å²) in [6.07, 6.45) is -1.82. The number of nitrogens with zero attached hydrogens (tertiary/aromatic N) is 1. The van der Waals surface area contributed by atoms with Gasteiger partial charge in [-0.2, -0.15) is 13.2 Å². The van der Waals surface area contributed by atoms with E-state index in [0.717, 1.165) is 38.3 Å². The number of halogens is 3. The van der Waals surface area contributed by atoms with Crippen LogP contribution in [0, 0.1) is 5.41 Å². The molecule has 0 aliphatic carbocycles. The van der Waals surface area contributed by atoms with Gasteiger partial charge >= 0.3 is 6.18 Å². The molecule has 1 atom stereocenters. The van der Waals surface area contributed by atoms with E-state index < -0.39 is 12.8 Å². The molecule has 1 aromatic carbocycles. The lowest BCUT2D eigenvalue weighted by Crippen LogP contribution is -2.28. The minimum absolute atomic E-state index is 0.263. The topological polar surface area (TPSA) is 24.5 Å². The van der Waals surface area contributed by atoms with Crippen molar-refractivity contribution in [2.45, 2.75) is 25.6 Å². The van der Waals surface area contributed by atoms with Gasteiger partial charge in [0.15, 0.2) is 6.61 Å². The average molecular weight is 314 g/mol. The van der Waals surface area contributed by atoms with E-state index in [9.17, 15) is 13.2 Å². The summed E-state index contributed by atoms with van der Waals surface area (Å²) >= 11 is 0. The van der Waals surface area contributed by atoms with E-state index in [-0.39, 0.29) is 5.75 Å². The van der Waals surface area contributed by atoms with E-state index in [1.807, 2.05) is 12.1 Å². The largest absolute Gasteiger partial charge is 0.484 e. The van der Waals surface area contributed by atoms with Crippen LogP contribution < -0.4 is 10.1 Å². The third kappa shape index (κ3) is 3.93. The van der Waals surface area contributed by atoms with Crippen molar-refractivity contribution in [1.29, 1.82) is 0 Å². The number of likely N-dealkylation sites (tertiary alicyclic amines) is 1. The Balaban J connectivity index is 1.51. The highest BCUT2D eigenvalue weighted by Crippen LogP contribution is 2.36. The second kappa shape index (κ2) is 6.08. The maximum absolute atomic E-state index is 12.1. The first-order valence-electron chi connectivity index (χ1n) is 7.66. The van der Waals surface area contributed by atoms with Crippen LogP contribution in [0.15, 0.2) is 24.3 Å². The average Bonchev–Trinajstić information content (AvgIpc) is 3.08. The van der Waals surface area contributed by atoms with Crippen molar-refractivity contribution in [3.05, 3.63) is 29.8 Å². The molecular formula is C16H21F3N2O. The van der Waals surface area contributed by atoms with Crippen molar-refractivity contribution in [3.63, 3.8) is 0 Å². The maximum Gasteiger partial charge on any atom is 0.422 e.